The summed E-state index contributed by atoms with van der Waals surface area (Å²) in [6, 6.07) is 20.1. The molecule has 8 nitrogen and oxygen atoms in total. The number of methoxy groups -OCH3 is 1. The van der Waals surface area contributed by atoms with Gasteiger partial charge in [0.2, 0.25) is 0 Å². The highest BCUT2D eigenvalue weighted by atomic mass is 32.1. The van der Waals surface area contributed by atoms with Gasteiger partial charge in [-0.2, -0.15) is 0 Å². The molecule has 2 heterocycles. The largest absolute Gasteiger partial charge is 0.504 e. The Labute approximate surface area is 215 Å². The van der Waals surface area contributed by atoms with Crippen molar-refractivity contribution in [3.05, 3.63) is 99.7 Å². The first-order chi connectivity index (χ1) is 17.9. The molecule has 0 saturated heterocycles. The number of anilines is 1. The highest BCUT2D eigenvalue weighted by Crippen LogP contribution is 2.31. The molecule has 2 aromatic heterocycles. The van der Waals surface area contributed by atoms with Crippen LogP contribution in [0.4, 0.5) is 11.4 Å². The molecule has 0 aliphatic carbocycles. The third-order valence-corrected chi connectivity index (χ3v) is 6.60. The summed E-state index contributed by atoms with van der Waals surface area (Å²) in [5.41, 5.74) is 3.00. The molecule has 0 fully saturated rings. The van der Waals surface area contributed by atoms with Crippen LogP contribution in [0.3, 0.4) is 0 Å². The number of amides is 1. The van der Waals surface area contributed by atoms with Gasteiger partial charge in [-0.15, -0.1) is 11.3 Å². The lowest BCUT2D eigenvalue weighted by Gasteiger charge is -2.06. The number of thiophene rings is 1. The number of benzene rings is 3. The van der Waals surface area contributed by atoms with Crippen molar-refractivity contribution in [1.82, 2.24) is 4.98 Å². The molecule has 0 radical (unpaired) electrons. The molecular weight excluding hydrogens is 490 g/mol. The van der Waals surface area contributed by atoms with Crippen molar-refractivity contribution in [2.75, 3.05) is 12.4 Å². The van der Waals surface area contributed by atoms with E-state index in [1.54, 1.807) is 60.7 Å². The van der Waals surface area contributed by atoms with E-state index in [4.69, 9.17) is 4.74 Å². The van der Waals surface area contributed by atoms with Crippen LogP contribution in [-0.4, -0.2) is 40.2 Å². The van der Waals surface area contributed by atoms with Crippen molar-refractivity contribution in [2.24, 2.45) is 4.99 Å². The van der Waals surface area contributed by atoms with Gasteiger partial charge in [0.1, 0.15) is 0 Å². The molecule has 9 heteroatoms. The molecular formula is C28H21N3O5S. The highest BCUT2D eigenvalue weighted by molar-refractivity contribution is 7.12. The van der Waals surface area contributed by atoms with Crippen molar-refractivity contribution >= 4 is 51.5 Å². The smallest absolute Gasteiger partial charge is 0.265 e. The topological polar surface area (TPSA) is 124 Å². The standard InChI is InChI=1S/C28H21N3O5S/c1-36-24-11-9-19(14-23(24)32)29-15-21-20-10-6-17(13-22(20)31-27(21)34)26(33)16-4-7-18(8-5-16)30-28(35)25-3-2-12-37-25/h2-15,31-32,34H,1H3,(H,30,35). The minimum absolute atomic E-state index is 0.0404. The van der Waals surface area contributed by atoms with Crippen LogP contribution in [-0.2, 0) is 0 Å². The number of nitrogens with one attached hydrogen (secondary N) is 2. The molecule has 0 aliphatic heterocycles. The van der Waals surface area contributed by atoms with Crippen LogP contribution in [0.15, 0.2) is 83.2 Å². The van der Waals surface area contributed by atoms with E-state index in [-0.39, 0.29) is 23.3 Å². The van der Waals surface area contributed by atoms with E-state index in [0.29, 0.717) is 49.6 Å². The maximum Gasteiger partial charge on any atom is 0.265 e. The summed E-state index contributed by atoms with van der Waals surface area (Å²) in [4.78, 5) is 33.1. The SMILES string of the molecule is COc1ccc(N=Cc2c(O)[nH]c3cc(C(=O)c4ccc(NC(=O)c5cccs5)cc4)ccc23)cc1O. The van der Waals surface area contributed by atoms with Gasteiger partial charge in [-0.1, -0.05) is 18.2 Å². The number of hydrogen-bond donors (Lipinski definition) is 4. The molecule has 0 aliphatic rings. The number of carbonyl (C=O) groups excluding carboxylic acids is 2. The molecule has 37 heavy (non-hydrogen) atoms. The second-order valence-electron chi connectivity index (χ2n) is 8.10. The summed E-state index contributed by atoms with van der Waals surface area (Å²) in [5, 5.41) is 25.7. The minimum atomic E-state index is -0.200. The van der Waals surface area contributed by atoms with Crippen LogP contribution in [0.25, 0.3) is 10.9 Å². The molecule has 5 aromatic rings. The third-order valence-electron chi connectivity index (χ3n) is 5.74. The Bertz CT molecular complexity index is 1640. The Kier molecular flexibility index (Phi) is 6.44. The van der Waals surface area contributed by atoms with E-state index in [1.807, 2.05) is 11.4 Å². The first kappa shape index (κ1) is 23.8. The third kappa shape index (κ3) is 4.93. The van der Waals surface area contributed by atoms with E-state index in [2.05, 4.69) is 15.3 Å². The Balaban J connectivity index is 1.34. The lowest BCUT2D eigenvalue weighted by atomic mass is 10.0. The summed E-state index contributed by atoms with van der Waals surface area (Å²) in [6.45, 7) is 0. The number of aromatic nitrogens is 1. The number of ether oxygens (including phenoxy) is 1. The van der Waals surface area contributed by atoms with E-state index in [9.17, 15) is 19.8 Å². The number of aromatic hydroxyl groups is 2. The molecule has 4 N–H and O–H groups in total. The van der Waals surface area contributed by atoms with Crippen molar-refractivity contribution in [3.63, 3.8) is 0 Å². The Morgan fingerprint density at radius 1 is 1.00 bits per heavy atom. The number of nitrogens with zero attached hydrogens (tertiary/aromatic N) is 1. The van der Waals surface area contributed by atoms with Gasteiger partial charge in [0.15, 0.2) is 23.2 Å². The maximum atomic E-state index is 13.1. The monoisotopic (exact) mass is 511 g/mol. The first-order valence-electron chi connectivity index (χ1n) is 11.2. The lowest BCUT2D eigenvalue weighted by Crippen LogP contribution is -2.10. The van der Waals surface area contributed by atoms with Crippen molar-refractivity contribution < 1.29 is 24.5 Å². The number of rotatable bonds is 7. The molecule has 0 spiro atoms. The van der Waals surface area contributed by atoms with Gasteiger partial charge in [-0.3, -0.25) is 14.6 Å². The molecule has 0 bridgehead atoms. The summed E-state index contributed by atoms with van der Waals surface area (Å²) >= 11 is 1.35. The number of carbonyl (C=O) groups is 2. The minimum Gasteiger partial charge on any atom is -0.504 e. The van der Waals surface area contributed by atoms with Gasteiger partial charge in [0.25, 0.3) is 5.91 Å². The molecule has 1 amide bonds. The number of fused-ring (bicyclic) bond motifs is 1. The molecule has 5 rings (SSSR count). The Hall–Kier alpha value is -4.89. The van der Waals surface area contributed by atoms with Crippen LogP contribution < -0.4 is 10.1 Å². The average molecular weight is 512 g/mol. The lowest BCUT2D eigenvalue weighted by molar-refractivity contribution is 0.102. The fourth-order valence-electron chi connectivity index (χ4n) is 3.85. The van der Waals surface area contributed by atoms with Crippen molar-refractivity contribution in [3.8, 4) is 17.4 Å². The van der Waals surface area contributed by atoms with Gasteiger partial charge in [-0.25, -0.2) is 0 Å². The van der Waals surface area contributed by atoms with Gasteiger partial charge >= 0.3 is 0 Å². The van der Waals surface area contributed by atoms with E-state index >= 15 is 0 Å². The Morgan fingerprint density at radius 2 is 1.78 bits per heavy atom. The molecule has 0 unspecified atom stereocenters. The van der Waals surface area contributed by atoms with Crippen LogP contribution in [0.1, 0.15) is 31.2 Å². The molecule has 3 aromatic carbocycles. The second kappa shape index (κ2) is 10.00. The predicted octanol–water partition coefficient (Wildman–Crippen LogP) is 5.88. The van der Waals surface area contributed by atoms with Crippen LogP contribution >= 0.6 is 11.3 Å². The average Bonchev–Trinajstić information content (AvgIpc) is 3.55. The summed E-state index contributed by atoms with van der Waals surface area (Å²) in [6.07, 6.45) is 1.49. The van der Waals surface area contributed by atoms with Crippen molar-refractivity contribution in [1.29, 1.82) is 0 Å². The van der Waals surface area contributed by atoms with Crippen LogP contribution in [0.2, 0.25) is 0 Å². The van der Waals surface area contributed by atoms with Crippen LogP contribution in [0, 0.1) is 0 Å². The van der Waals surface area contributed by atoms with Crippen LogP contribution in [0.5, 0.6) is 17.4 Å². The van der Waals surface area contributed by atoms with E-state index < -0.39 is 0 Å². The number of ketones is 1. The zero-order chi connectivity index (χ0) is 25.9. The number of aromatic amines is 1. The molecule has 0 atom stereocenters. The maximum absolute atomic E-state index is 13.1. The predicted molar refractivity (Wildman–Crippen MR) is 144 cm³/mol. The van der Waals surface area contributed by atoms with Gasteiger partial charge < -0.3 is 25.3 Å². The van der Waals surface area contributed by atoms with Gasteiger partial charge in [0, 0.05) is 40.0 Å². The van der Waals surface area contributed by atoms with E-state index in [0.717, 1.165) is 0 Å². The molecule has 0 saturated carbocycles. The fourth-order valence-corrected chi connectivity index (χ4v) is 4.47. The normalized spacial score (nSPS) is 11.2. The van der Waals surface area contributed by atoms with E-state index in [1.165, 1.54) is 30.7 Å². The van der Waals surface area contributed by atoms with Gasteiger partial charge in [-0.05, 0) is 53.9 Å². The number of phenolic OH excluding ortho intramolecular Hbond substituents is 1. The van der Waals surface area contributed by atoms with Gasteiger partial charge in [0.05, 0.1) is 23.2 Å². The number of hydrogen-bond acceptors (Lipinski definition) is 7. The van der Waals surface area contributed by atoms with Crippen molar-refractivity contribution in [2.45, 2.75) is 0 Å². The number of H-pyrrole nitrogens is 1. The Morgan fingerprint density at radius 3 is 2.49 bits per heavy atom. The fraction of sp³-hybridized carbons (Fsp3) is 0.0357. The number of aliphatic imine (C=N–C) groups is 1. The second-order valence-corrected chi connectivity index (χ2v) is 9.05. The molecule has 184 valence electrons. The summed E-state index contributed by atoms with van der Waals surface area (Å²) < 4.78 is 5.03. The first-order valence-corrected chi connectivity index (χ1v) is 12.1. The zero-order valence-corrected chi connectivity index (χ0v) is 20.4. The zero-order valence-electron chi connectivity index (χ0n) is 19.6. The summed E-state index contributed by atoms with van der Waals surface area (Å²) in [7, 11) is 1.46. The highest BCUT2D eigenvalue weighted by Gasteiger charge is 2.15. The quantitative estimate of drug-likeness (QED) is 0.160. The summed E-state index contributed by atoms with van der Waals surface area (Å²) in [5.74, 6) is -0.192. The number of phenols is 1.